The number of aromatic nitrogens is 2. The van der Waals surface area contributed by atoms with Gasteiger partial charge in [-0.25, -0.2) is 4.98 Å². The monoisotopic (exact) mass is 831 g/mol. The van der Waals surface area contributed by atoms with Crippen LogP contribution in [0, 0.1) is 41.4 Å². The summed E-state index contributed by atoms with van der Waals surface area (Å²) >= 11 is 0. The number of pyridine rings is 1. The van der Waals surface area contributed by atoms with Crippen molar-refractivity contribution in [3.8, 4) is 33.9 Å². The van der Waals surface area contributed by atoms with Crippen LogP contribution in [0.25, 0.3) is 22.4 Å². The van der Waals surface area contributed by atoms with Crippen LogP contribution in [0.15, 0.2) is 97.2 Å². The number of rotatable bonds is 19. The number of aliphatic hydroxyl groups is 3. The number of phenolic OH excluding ortho intramolecular Hbond substituents is 2. The average molecular weight is 832 g/mol. The van der Waals surface area contributed by atoms with E-state index in [0.717, 1.165) is 60.2 Å². The molecule has 1 saturated carbocycles. The van der Waals surface area contributed by atoms with Gasteiger partial charge in [0, 0.05) is 46.8 Å². The minimum absolute atomic E-state index is 0.0527. The van der Waals surface area contributed by atoms with Crippen LogP contribution < -0.4 is 5.73 Å². The molecular weight excluding hydrogens is 767 g/mol. The fourth-order valence-electron chi connectivity index (χ4n) is 10.9. The first-order valence-corrected chi connectivity index (χ1v) is 22.6. The summed E-state index contributed by atoms with van der Waals surface area (Å²) in [6.45, 7) is 2.20. The Morgan fingerprint density at radius 1 is 0.885 bits per heavy atom. The number of unbranched alkanes of at least 4 members (excludes halogenated alkanes) is 4. The summed E-state index contributed by atoms with van der Waals surface area (Å²) in [4.78, 5) is 20.5. The van der Waals surface area contributed by atoms with Crippen molar-refractivity contribution in [3.05, 3.63) is 108 Å². The van der Waals surface area contributed by atoms with E-state index < -0.39 is 29.5 Å². The van der Waals surface area contributed by atoms with Crippen LogP contribution in [0.2, 0.25) is 0 Å². The Bertz CT molecular complexity index is 2110. The molecule has 3 aliphatic carbocycles. The first kappa shape index (κ1) is 44.2. The summed E-state index contributed by atoms with van der Waals surface area (Å²) in [7, 11) is 0. The topological polar surface area (TPSA) is 193 Å². The molecule has 3 aliphatic rings. The number of aromatic amines is 1. The van der Waals surface area contributed by atoms with Gasteiger partial charge in [-0.1, -0.05) is 100 Å². The number of carboxylic acids is 1. The predicted molar refractivity (Wildman–Crippen MR) is 239 cm³/mol. The second-order valence-corrected chi connectivity index (χ2v) is 18.3. The number of allylic oxidation sites excluding steroid dienone is 1. The first-order valence-electron chi connectivity index (χ1n) is 22.6. The highest BCUT2D eigenvalue weighted by molar-refractivity contribution is 5.83. The van der Waals surface area contributed by atoms with Crippen molar-refractivity contribution in [1.82, 2.24) is 9.97 Å². The molecule has 9 N–H and O–H groups in total. The number of nitrogens with zero attached hydrogens (tertiary/aromatic N) is 1. The Kier molecular flexibility index (Phi) is 14.4. The van der Waals surface area contributed by atoms with Gasteiger partial charge in [-0.2, -0.15) is 0 Å². The summed E-state index contributed by atoms with van der Waals surface area (Å²) in [6.07, 6.45) is 19.8. The second kappa shape index (κ2) is 19.9. The number of anilines is 1. The Balaban J connectivity index is 1.07. The lowest BCUT2D eigenvalue weighted by atomic mass is 9.68. The van der Waals surface area contributed by atoms with Crippen molar-refractivity contribution in [2.45, 2.75) is 115 Å². The van der Waals surface area contributed by atoms with Crippen molar-refractivity contribution < 1.29 is 35.4 Å². The lowest BCUT2D eigenvalue weighted by Crippen LogP contribution is -2.48. The van der Waals surface area contributed by atoms with E-state index in [0.29, 0.717) is 49.4 Å². The Hall–Kier alpha value is -4.90. The van der Waals surface area contributed by atoms with E-state index in [1.807, 2.05) is 54.6 Å². The second-order valence-electron chi connectivity index (χ2n) is 18.3. The van der Waals surface area contributed by atoms with Crippen molar-refractivity contribution >= 4 is 11.8 Å². The minimum Gasteiger partial charge on any atom is -0.508 e. The number of carboxylic acid groups (broad SMARTS) is 1. The number of nitrogen functional groups attached to an aromatic ring is 1. The molecule has 0 spiro atoms. The molecule has 1 fully saturated rings. The van der Waals surface area contributed by atoms with Gasteiger partial charge in [0.1, 0.15) is 17.3 Å². The van der Waals surface area contributed by atoms with E-state index in [1.165, 1.54) is 25.3 Å². The molecule has 0 aliphatic heterocycles. The fraction of sp³-hybridized carbons (Fsp3) is 0.490. The van der Waals surface area contributed by atoms with Crippen molar-refractivity contribution in [1.29, 1.82) is 0 Å². The van der Waals surface area contributed by atoms with E-state index in [-0.39, 0.29) is 47.7 Å². The standard InChI is InChI=1S/C51H65N3O7/c1-2-3-6-11-32-16-17-35(46(57)23-32)14-9-5-10-15-43(50(59)60)49(58)36-18-19-45-37(22-33-20-21-53-47(52)24-33)25-39(51(45,61)31-36)28-40-29-44(34-12-7-4-8-13-34)48(54-40)38-26-41(55)30-42(56)27-38/h4,7-8,12-13,16-21,24,26-27,29-30,32,35-37,39,43,45-46,49,54-58,61H,2-3,5-6,9-11,14-15,22-23,25,28,31H2,1H3,(H2,52,53)(H,59,60). The van der Waals surface area contributed by atoms with E-state index in [2.05, 4.69) is 35.1 Å². The molecule has 10 atom stereocenters. The third-order valence-corrected chi connectivity index (χ3v) is 14.0. The molecule has 4 aromatic rings. The van der Waals surface area contributed by atoms with E-state index in [4.69, 9.17) is 5.73 Å². The minimum atomic E-state index is -1.24. The van der Waals surface area contributed by atoms with Gasteiger partial charge >= 0.3 is 5.97 Å². The maximum atomic E-state index is 13.0. The number of nitrogens with two attached hydrogens (primary N) is 1. The average Bonchev–Trinajstić information content (AvgIpc) is 3.77. The molecule has 10 heteroatoms. The molecule has 0 radical (unpaired) electrons. The largest absolute Gasteiger partial charge is 0.508 e. The number of hydrogen-bond acceptors (Lipinski definition) is 8. The molecule has 2 aromatic heterocycles. The molecule has 10 unspecified atom stereocenters. The van der Waals surface area contributed by atoms with Crippen LogP contribution in [0.3, 0.4) is 0 Å². The van der Waals surface area contributed by atoms with Gasteiger partial charge < -0.3 is 41.4 Å². The predicted octanol–water partition coefficient (Wildman–Crippen LogP) is 9.23. The lowest BCUT2D eigenvalue weighted by Gasteiger charge is -2.42. The zero-order chi connectivity index (χ0) is 43.1. The van der Waals surface area contributed by atoms with Crippen molar-refractivity contribution in [2.75, 3.05) is 5.73 Å². The zero-order valence-corrected chi connectivity index (χ0v) is 35.4. The van der Waals surface area contributed by atoms with Crippen LogP contribution >= 0.6 is 0 Å². The molecule has 0 saturated heterocycles. The zero-order valence-electron chi connectivity index (χ0n) is 35.4. The molecule has 326 valence electrons. The van der Waals surface area contributed by atoms with Crippen LogP contribution in [0.5, 0.6) is 11.5 Å². The van der Waals surface area contributed by atoms with Crippen LogP contribution in [-0.2, 0) is 17.6 Å². The van der Waals surface area contributed by atoms with Gasteiger partial charge in [0.25, 0.3) is 0 Å². The van der Waals surface area contributed by atoms with E-state index in [9.17, 15) is 35.4 Å². The van der Waals surface area contributed by atoms with Crippen molar-refractivity contribution in [2.24, 2.45) is 41.4 Å². The molecule has 0 amide bonds. The molecule has 2 heterocycles. The summed E-state index contributed by atoms with van der Waals surface area (Å²) in [5.74, 6) is -2.09. The number of fused-ring (bicyclic) bond motifs is 1. The summed E-state index contributed by atoms with van der Waals surface area (Å²) in [6, 6.07) is 20.3. The van der Waals surface area contributed by atoms with Gasteiger partial charge in [0.05, 0.1) is 29.4 Å². The Morgan fingerprint density at radius 3 is 2.38 bits per heavy atom. The molecule has 0 bridgehead atoms. The summed E-state index contributed by atoms with van der Waals surface area (Å²) in [5, 5.41) is 66.8. The lowest BCUT2D eigenvalue weighted by molar-refractivity contribution is -0.148. The molecule has 10 nitrogen and oxygen atoms in total. The number of hydrogen-bond donors (Lipinski definition) is 8. The normalized spacial score (nSPS) is 26.9. The first-order chi connectivity index (χ1) is 29.4. The smallest absolute Gasteiger partial charge is 0.309 e. The number of phenols is 2. The third-order valence-electron chi connectivity index (χ3n) is 14.0. The number of aliphatic carboxylic acids is 1. The quantitative estimate of drug-likeness (QED) is 0.0336. The van der Waals surface area contributed by atoms with Gasteiger partial charge in [-0.05, 0) is 111 Å². The number of H-pyrrole nitrogens is 1. The fourth-order valence-corrected chi connectivity index (χ4v) is 10.9. The van der Waals surface area contributed by atoms with E-state index >= 15 is 0 Å². The number of nitrogens with one attached hydrogen (secondary N) is 1. The van der Waals surface area contributed by atoms with E-state index in [1.54, 1.807) is 18.3 Å². The number of benzene rings is 2. The van der Waals surface area contributed by atoms with Crippen molar-refractivity contribution in [3.63, 3.8) is 0 Å². The molecule has 7 rings (SSSR count). The highest BCUT2D eigenvalue weighted by Crippen LogP contribution is 2.54. The van der Waals surface area contributed by atoms with Gasteiger partial charge in [0.2, 0.25) is 0 Å². The van der Waals surface area contributed by atoms with Crippen LogP contribution in [-0.4, -0.2) is 64.4 Å². The molecule has 2 aromatic carbocycles. The van der Waals surface area contributed by atoms with Crippen LogP contribution in [0.1, 0.15) is 95.2 Å². The number of carbonyl (C=O) groups is 1. The number of aromatic hydroxyl groups is 2. The van der Waals surface area contributed by atoms with Gasteiger partial charge in [-0.15, -0.1) is 0 Å². The maximum absolute atomic E-state index is 13.0. The third kappa shape index (κ3) is 10.6. The highest BCUT2D eigenvalue weighted by atomic mass is 16.4. The molecular formula is C51H65N3O7. The number of aliphatic hydroxyl groups excluding tert-OH is 2. The summed E-state index contributed by atoms with van der Waals surface area (Å²) < 4.78 is 0. The summed E-state index contributed by atoms with van der Waals surface area (Å²) in [5.41, 5.74) is 9.94. The Labute approximate surface area is 360 Å². The Morgan fingerprint density at radius 2 is 1.66 bits per heavy atom. The maximum Gasteiger partial charge on any atom is 0.309 e. The van der Waals surface area contributed by atoms with Gasteiger partial charge in [0.15, 0.2) is 0 Å². The van der Waals surface area contributed by atoms with Gasteiger partial charge in [-0.3, -0.25) is 4.79 Å². The SMILES string of the molecule is CCCCCC1C=CC(CCCCCC(C(=O)O)C(O)C2C=CC3C(Cc4ccnc(N)c4)CC(Cc4cc(-c5ccccc5)c(-c5cc(O)cc(O)c5)[nH]4)C3(O)C2)C(O)C1. The molecule has 61 heavy (non-hydrogen) atoms. The van der Waals surface area contributed by atoms with Crippen LogP contribution in [0.4, 0.5) is 5.82 Å². The highest BCUT2D eigenvalue weighted by Gasteiger charge is 2.56.